The highest BCUT2D eigenvalue weighted by molar-refractivity contribution is 6.04. The third-order valence-electron chi connectivity index (χ3n) is 5.32. The Bertz CT molecular complexity index is 1040. The number of hydrogen-bond donors (Lipinski definition) is 1. The van der Waals surface area contributed by atoms with Crippen LogP contribution in [0.4, 0.5) is 17.1 Å². The maximum absolute atomic E-state index is 13.0. The number of nitro benzene ring substituents is 1. The lowest BCUT2D eigenvalue weighted by atomic mass is 10.1. The summed E-state index contributed by atoms with van der Waals surface area (Å²) in [7, 11) is 1.55. The highest BCUT2D eigenvalue weighted by Gasteiger charge is 2.36. The largest absolute Gasteiger partial charge is 0.497 e. The SMILES string of the molecule is CCCOc1cc(NC(=O)C2CC(=O)N(c3ccc(OC)cc3)C2)c([N+](=O)[O-])cc1OCCC. The lowest BCUT2D eigenvalue weighted by molar-refractivity contribution is -0.384. The van der Waals surface area contributed by atoms with E-state index in [1.807, 2.05) is 13.8 Å². The van der Waals surface area contributed by atoms with E-state index in [1.54, 1.807) is 31.4 Å². The summed E-state index contributed by atoms with van der Waals surface area (Å²) in [4.78, 5) is 38.2. The van der Waals surface area contributed by atoms with Crippen molar-refractivity contribution < 1.29 is 28.7 Å². The fourth-order valence-electron chi connectivity index (χ4n) is 3.58. The van der Waals surface area contributed by atoms with Gasteiger partial charge in [-0.3, -0.25) is 19.7 Å². The highest BCUT2D eigenvalue weighted by Crippen LogP contribution is 2.39. The number of carbonyl (C=O) groups is 2. The Morgan fingerprint density at radius 2 is 1.74 bits per heavy atom. The van der Waals surface area contributed by atoms with Gasteiger partial charge in [-0.1, -0.05) is 13.8 Å². The Labute approximate surface area is 197 Å². The van der Waals surface area contributed by atoms with Crippen LogP contribution >= 0.6 is 0 Å². The number of nitrogens with one attached hydrogen (secondary N) is 1. The molecule has 1 unspecified atom stereocenters. The molecule has 2 amide bonds. The van der Waals surface area contributed by atoms with Crippen LogP contribution in [0.15, 0.2) is 36.4 Å². The molecular formula is C24H29N3O7. The summed E-state index contributed by atoms with van der Waals surface area (Å²) in [6, 6.07) is 9.63. The van der Waals surface area contributed by atoms with Crippen LogP contribution in [-0.4, -0.2) is 43.6 Å². The van der Waals surface area contributed by atoms with Crippen LogP contribution in [0, 0.1) is 16.0 Å². The van der Waals surface area contributed by atoms with E-state index in [0.29, 0.717) is 30.4 Å². The first-order valence-corrected chi connectivity index (χ1v) is 11.2. The quantitative estimate of drug-likeness (QED) is 0.386. The first-order chi connectivity index (χ1) is 16.4. The number of rotatable bonds is 11. The summed E-state index contributed by atoms with van der Waals surface area (Å²) in [5.41, 5.74) is 0.347. The third kappa shape index (κ3) is 5.75. The third-order valence-corrected chi connectivity index (χ3v) is 5.32. The molecule has 3 rings (SSSR count). The van der Waals surface area contributed by atoms with Crippen molar-refractivity contribution in [2.24, 2.45) is 5.92 Å². The van der Waals surface area contributed by atoms with E-state index in [0.717, 1.165) is 12.8 Å². The molecule has 182 valence electrons. The summed E-state index contributed by atoms with van der Waals surface area (Å²) in [5.74, 6) is -0.110. The van der Waals surface area contributed by atoms with Gasteiger partial charge in [-0.05, 0) is 37.1 Å². The second-order valence-electron chi connectivity index (χ2n) is 7.86. The van der Waals surface area contributed by atoms with Gasteiger partial charge < -0.3 is 24.4 Å². The van der Waals surface area contributed by atoms with E-state index in [2.05, 4.69) is 5.32 Å². The predicted octanol–water partition coefficient (Wildman–Crippen LogP) is 4.17. The topological polar surface area (TPSA) is 120 Å². The minimum absolute atomic E-state index is 0.000276. The number of benzene rings is 2. The summed E-state index contributed by atoms with van der Waals surface area (Å²) in [6.45, 7) is 4.79. The van der Waals surface area contributed by atoms with Gasteiger partial charge in [0.15, 0.2) is 11.5 Å². The second kappa shape index (κ2) is 11.4. The highest BCUT2D eigenvalue weighted by atomic mass is 16.6. The van der Waals surface area contributed by atoms with Gasteiger partial charge in [0.25, 0.3) is 5.69 Å². The maximum Gasteiger partial charge on any atom is 0.296 e. The van der Waals surface area contributed by atoms with Crippen molar-refractivity contribution in [1.82, 2.24) is 0 Å². The van der Waals surface area contributed by atoms with Gasteiger partial charge in [0.2, 0.25) is 11.8 Å². The van der Waals surface area contributed by atoms with Crippen molar-refractivity contribution in [3.8, 4) is 17.2 Å². The maximum atomic E-state index is 13.0. The zero-order valence-electron chi connectivity index (χ0n) is 19.5. The van der Waals surface area contributed by atoms with Crippen LogP contribution in [0.1, 0.15) is 33.1 Å². The van der Waals surface area contributed by atoms with Crippen molar-refractivity contribution in [2.45, 2.75) is 33.1 Å². The molecule has 10 heteroatoms. The number of methoxy groups -OCH3 is 1. The number of ether oxygens (including phenoxy) is 3. The Balaban J connectivity index is 1.80. The fourth-order valence-corrected chi connectivity index (χ4v) is 3.58. The molecule has 0 bridgehead atoms. The summed E-state index contributed by atoms with van der Waals surface area (Å²) in [6.07, 6.45) is 1.46. The molecule has 2 aromatic carbocycles. The van der Waals surface area contributed by atoms with Crippen LogP contribution in [0.2, 0.25) is 0 Å². The molecule has 0 saturated carbocycles. The van der Waals surface area contributed by atoms with Gasteiger partial charge in [-0.25, -0.2) is 0 Å². The van der Waals surface area contributed by atoms with Crippen LogP contribution in [-0.2, 0) is 9.59 Å². The molecule has 1 N–H and O–H groups in total. The Hall–Kier alpha value is -3.82. The minimum atomic E-state index is -0.662. The second-order valence-corrected chi connectivity index (χ2v) is 7.86. The molecule has 0 spiro atoms. The van der Waals surface area contributed by atoms with Crippen molar-refractivity contribution in [3.63, 3.8) is 0 Å². The van der Waals surface area contributed by atoms with E-state index >= 15 is 0 Å². The van der Waals surface area contributed by atoms with Crippen molar-refractivity contribution in [1.29, 1.82) is 0 Å². The molecule has 0 aliphatic carbocycles. The van der Waals surface area contributed by atoms with Crippen LogP contribution < -0.4 is 24.4 Å². The van der Waals surface area contributed by atoms with Gasteiger partial charge in [0.05, 0.1) is 37.2 Å². The molecule has 10 nitrogen and oxygen atoms in total. The Morgan fingerprint density at radius 1 is 1.12 bits per heavy atom. The van der Waals surface area contributed by atoms with Gasteiger partial charge in [0.1, 0.15) is 11.4 Å². The number of nitrogens with zero attached hydrogens (tertiary/aromatic N) is 2. The molecule has 2 aromatic rings. The van der Waals surface area contributed by atoms with Crippen LogP contribution in [0.3, 0.4) is 0 Å². The zero-order valence-corrected chi connectivity index (χ0v) is 19.5. The molecule has 1 aliphatic rings. The van der Waals surface area contributed by atoms with Crippen molar-refractivity contribution in [3.05, 3.63) is 46.5 Å². The van der Waals surface area contributed by atoms with Crippen LogP contribution in [0.5, 0.6) is 17.2 Å². The van der Waals surface area contributed by atoms with Crippen LogP contribution in [0.25, 0.3) is 0 Å². The average Bonchev–Trinajstić information content (AvgIpc) is 3.23. The van der Waals surface area contributed by atoms with Crippen molar-refractivity contribution >= 4 is 28.9 Å². The minimum Gasteiger partial charge on any atom is -0.497 e. The normalized spacial score (nSPS) is 15.2. The lowest BCUT2D eigenvalue weighted by Crippen LogP contribution is -2.28. The number of nitro groups is 1. The number of anilines is 2. The van der Waals surface area contributed by atoms with E-state index < -0.39 is 16.7 Å². The summed E-state index contributed by atoms with van der Waals surface area (Å²) >= 11 is 0. The van der Waals surface area contributed by atoms with E-state index in [4.69, 9.17) is 14.2 Å². The first kappa shape index (κ1) is 24.8. The van der Waals surface area contributed by atoms with Crippen molar-refractivity contribution in [2.75, 3.05) is 37.1 Å². The zero-order chi connectivity index (χ0) is 24.7. The monoisotopic (exact) mass is 471 g/mol. The number of hydrogen-bond acceptors (Lipinski definition) is 7. The molecule has 1 fully saturated rings. The van der Waals surface area contributed by atoms with E-state index in [-0.39, 0.29) is 36.0 Å². The van der Waals surface area contributed by atoms with E-state index in [1.165, 1.54) is 17.0 Å². The average molecular weight is 472 g/mol. The van der Waals surface area contributed by atoms with Gasteiger partial charge in [-0.15, -0.1) is 0 Å². The van der Waals surface area contributed by atoms with Gasteiger partial charge in [-0.2, -0.15) is 0 Å². The Kier molecular flexibility index (Phi) is 8.29. The standard InChI is InChI=1S/C24H29N3O7/c1-4-10-33-21-13-19(20(27(30)31)14-22(21)34-11-5-2)25-24(29)16-12-23(28)26(15-16)17-6-8-18(32-3)9-7-17/h6-9,13-14,16H,4-5,10-12,15H2,1-3H3,(H,25,29). The lowest BCUT2D eigenvalue weighted by Gasteiger charge is -2.17. The van der Waals surface area contributed by atoms with Gasteiger partial charge >= 0.3 is 0 Å². The molecule has 1 saturated heterocycles. The smallest absolute Gasteiger partial charge is 0.296 e. The first-order valence-electron chi connectivity index (χ1n) is 11.2. The van der Waals surface area contributed by atoms with Gasteiger partial charge in [0, 0.05) is 24.7 Å². The molecule has 1 atom stereocenters. The summed E-state index contributed by atoms with van der Waals surface area (Å²) in [5, 5.41) is 14.3. The summed E-state index contributed by atoms with van der Waals surface area (Å²) < 4.78 is 16.5. The van der Waals surface area contributed by atoms with E-state index in [9.17, 15) is 19.7 Å². The molecular weight excluding hydrogens is 442 g/mol. The molecule has 34 heavy (non-hydrogen) atoms. The fraction of sp³-hybridized carbons (Fsp3) is 0.417. The molecule has 1 aliphatic heterocycles. The molecule has 0 aromatic heterocycles. The number of amides is 2. The predicted molar refractivity (Wildman–Crippen MR) is 127 cm³/mol. The molecule has 0 radical (unpaired) electrons. The number of carbonyl (C=O) groups excluding carboxylic acids is 2. The Morgan fingerprint density at radius 3 is 2.29 bits per heavy atom. The molecule has 1 heterocycles.